The highest BCUT2D eigenvalue weighted by molar-refractivity contribution is 6.05. The van der Waals surface area contributed by atoms with Gasteiger partial charge in [0, 0.05) is 11.1 Å². The van der Waals surface area contributed by atoms with Crippen LogP contribution in [0, 0.1) is 11.3 Å². The molecule has 0 aliphatic heterocycles. The summed E-state index contributed by atoms with van der Waals surface area (Å²) in [5.74, 6) is -1.12. The Morgan fingerprint density at radius 1 is 1.04 bits per heavy atom. The van der Waals surface area contributed by atoms with Gasteiger partial charge in [0.2, 0.25) is 0 Å². The molecule has 1 aromatic rings. The summed E-state index contributed by atoms with van der Waals surface area (Å²) in [5, 5.41) is 0. The summed E-state index contributed by atoms with van der Waals surface area (Å²) >= 11 is 0. The average molecular weight is 390 g/mol. The van der Waals surface area contributed by atoms with Crippen LogP contribution in [0.3, 0.4) is 0 Å². The van der Waals surface area contributed by atoms with Crippen LogP contribution < -0.4 is 0 Å². The zero-order valence-electron chi connectivity index (χ0n) is 18.5. The highest BCUT2D eigenvalue weighted by atomic mass is 16.6. The summed E-state index contributed by atoms with van der Waals surface area (Å²) in [4.78, 5) is 29.8. The van der Waals surface area contributed by atoms with Crippen LogP contribution in [0.25, 0.3) is 0 Å². The second-order valence-corrected chi connectivity index (χ2v) is 9.06. The Labute approximate surface area is 169 Å². The van der Waals surface area contributed by atoms with Gasteiger partial charge in [0.25, 0.3) is 0 Å². The van der Waals surface area contributed by atoms with Crippen molar-refractivity contribution in [1.29, 1.82) is 0 Å². The Balaban J connectivity index is 3.36. The predicted octanol–water partition coefficient (Wildman–Crippen LogP) is 4.82. The van der Waals surface area contributed by atoms with E-state index in [0.717, 1.165) is 11.3 Å². The van der Waals surface area contributed by atoms with E-state index in [4.69, 9.17) is 14.5 Å². The maximum atomic E-state index is 13.0. The number of esters is 2. The normalized spacial score (nSPS) is 14.9. The van der Waals surface area contributed by atoms with Crippen molar-refractivity contribution in [3.63, 3.8) is 0 Å². The molecule has 0 bridgehead atoms. The molecule has 0 spiro atoms. The molecule has 0 N–H and O–H groups in total. The molecule has 0 aliphatic rings. The van der Waals surface area contributed by atoms with E-state index in [1.54, 1.807) is 6.92 Å². The number of ether oxygens (including phenoxy) is 2. The standard InChI is InChI=1S/C23H35NO4/c1-9-27-18(25)15-16(2)19(21(26)28-23(6,7)8)24-20(22(3,4)5)17-13-11-10-12-14-17/h10-14,16,19H,9,15H2,1-8H3/t16-,19-/m1/s1. The molecule has 156 valence electrons. The summed E-state index contributed by atoms with van der Waals surface area (Å²) < 4.78 is 10.7. The van der Waals surface area contributed by atoms with Gasteiger partial charge in [-0.2, -0.15) is 0 Å². The van der Waals surface area contributed by atoms with E-state index >= 15 is 0 Å². The van der Waals surface area contributed by atoms with Gasteiger partial charge in [-0.3, -0.25) is 9.79 Å². The van der Waals surface area contributed by atoms with Crippen molar-refractivity contribution in [2.75, 3.05) is 6.61 Å². The molecule has 0 unspecified atom stereocenters. The highest BCUT2D eigenvalue weighted by Gasteiger charge is 2.33. The van der Waals surface area contributed by atoms with Crippen LogP contribution in [0.5, 0.6) is 0 Å². The van der Waals surface area contributed by atoms with Crippen LogP contribution >= 0.6 is 0 Å². The van der Waals surface area contributed by atoms with Crippen LogP contribution in [0.4, 0.5) is 0 Å². The quantitative estimate of drug-likeness (QED) is 0.495. The van der Waals surface area contributed by atoms with E-state index in [1.807, 2.05) is 58.0 Å². The minimum atomic E-state index is -0.793. The summed E-state index contributed by atoms with van der Waals surface area (Å²) in [7, 11) is 0. The summed E-state index contributed by atoms with van der Waals surface area (Å²) in [6.45, 7) is 15.5. The van der Waals surface area contributed by atoms with Gasteiger partial charge in [-0.1, -0.05) is 58.0 Å². The topological polar surface area (TPSA) is 65.0 Å². The lowest BCUT2D eigenvalue weighted by molar-refractivity contribution is -0.158. The number of hydrogen-bond donors (Lipinski definition) is 0. The highest BCUT2D eigenvalue weighted by Crippen LogP contribution is 2.26. The van der Waals surface area contributed by atoms with Crippen molar-refractivity contribution < 1.29 is 19.1 Å². The molecule has 0 aromatic heterocycles. The molecule has 0 aliphatic carbocycles. The van der Waals surface area contributed by atoms with Crippen LogP contribution in [0.15, 0.2) is 35.3 Å². The molecule has 28 heavy (non-hydrogen) atoms. The molecule has 0 fully saturated rings. The zero-order valence-corrected chi connectivity index (χ0v) is 18.5. The monoisotopic (exact) mass is 389 g/mol. The van der Waals surface area contributed by atoms with Gasteiger partial charge < -0.3 is 9.47 Å². The fourth-order valence-corrected chi connectivity index (χ4v) is 2.81. The molecular weight excluding hydrogens is 354 g/mol. The third kappa shape index (κ3) is 7.83. The molecule has 0 heterocycles. The van der Waals surface area contributed by atoms with Gasteiger partial charge in [-0.05, 0) is 39.2 Å². The number of nitrogens with zero attached hydrogens (tertiary/aromatic N) is 1. The van der Waals surface area contributed by atoms with E-state index in [0.29, 0.717) is 6.61 Å². The fourth-order valence-electron chi connectivity index (χ4n) is 2.81. The van der Waals surface area contributed by atoms with Crippen LogP contribution in [0.2, 0.25) is 0 Å². The van der Waals surface area contributed by atoms with E-state index in [1.165, 1.54) is 0 Å². The molecule has 5 heteroatoms. The van der Waals surface area contributed by atoms with E-state index < -0.39 is 17.6 Å². The van der Waals surface area contributed by atoms with Gasteiger partial charge in [0.15, 0.2) is 6.04 Å². The maximum absolute atomic E-state index is 13.0. The third-order valence-electron chi connectivity index (χ3n) is 4.01. The van der Waals surface area contributed by atoms with Crippen LogP contribution in [0.1, 0.15) is 67.4 Å². The van der Waals surface area contributed by atoms with Crippen molar-refractivity contribution >= 4 is 17.7 Å². The number of hydrogen-bond acceptors (Lipinski definition) is 5. The molecular formula is C23H35NO4. The molecule has 2 atom stereocenters. The number of carbonyl (C=O) groups is 2. The van der Waals surface area contributed by atoms with Crippen LogP contribution in [-0.2, 0) is 19.1 Å². The minimum absolute atomic E-state index is 0.105. The van der Waals surface area contributed by atoms with Crippen molar-refractivity contribution in [3.8, 4) is 0 Å². The Kier molecular flexibility index (Phi) is 8.40. The number of carbonyl (C=O) groups excluding carboxylic acids is 2. The largest absolute Gasteiger partial charge is 0.466 e. The molecule has 1 aromatic carbocycles. The SMILES string of the molecule is CCOC(=O)C[C@@H](C)[C@@H](N=C(c1ccccc1)C(C)(C)C)C(=O)OC(C)(C)C. The van der Waals surface area contributed by atoms with Crippen LogP contribution in [-0.4, -0.2) is 35.9 Å². The third-order valence-corrected chi connectivity index (χ3v) is 4.01. The Morgan fingerprint density at radius 2 is 1.61 bits per heavy atom. The lowest BCUT2D eigenvalue weighted by atomic mass is 9.84. The lowest BCUT2D eigenvalue weighted by Gasteiger charge is -2.28. The summed E-state index contributed by atoms with van der Waals surface area (Å²) in [6, 6.07) is 9.00. The molecule has 5 nitrogen and oxygen atoms in total. The second-order valence-electron chi connectivity index (χ2n) is 9.06. The molecule has 0 amide bonds. The summed E-state index contributed by atoms with van der Waals surface area (Å²) in [5.41, 5.74) is 0.834. The van der Waals surface area contributed by atoms with E-state index in [-0.39, 0.29) is 23.7 Å². The van der Waals surface area contributed by atoms with Crippen molar-refractivity contribution in [2.24, 2.45) is 16.3 Å². The van der Waals surface area contributed by atoms with Crippen molar-refractivity contribution in [3.05, 3.63) is 35.9 Å². The number of benzene rings is 1. The van der Waals surface area contributed by atoms with Gasteiger partial charge in [0.05, 0.1) is 13.0 Å². The van der Waals surface area contributed by atoms with Gasteiger partial charge >= 0.3 is 11.9 Å². The smallest absolute Gasteiger partial charge is 0.331 e. The average Bonchev–Trinajstić information content (AvgIpc) is 2.53. The first kappa shape index (κ1) is 23.9. The van der Waals surface area contributed by atoms with E-state index in [9.17, 15) is 9.59 Å². The first-order valence-electron chi connectivity index (χ1n) is 9.87. The zero-order chi connectivity index (χ0) is 21.5. The molecule has 1 rings (SSSR count). The second kappa shape index (κ2) is 9.85. The first-order chi connectivity index (χ1) is 12.8. The predicted molar refractivity (Wildman–Crippen MR) is 112 cm³/mol. The first-order valence-corrected chi connectivity index (χ1v) is 9.87. The fraction of sp³-hybridized carbons (Fsp3) is 0.609. The molecule has 0 radical (unpaired) electrons. The Morgan fingerprint density at radius 3 is 2.07 bits per heavy atom. The van der Waals surface area contributed by atoms with E-state index in [2.05, 4.69) is 20.8 Å². The number of aliphatic imine (C=N–C) groups is 1. The van der Waals surface area contributed by atoms with Gasteiger partial charge in [-0.15, -0.1) is 0 Å². The number of rotatable bonds is 7. The Hall–Kier alpha value is -2.17. The van der Waals surface area contributed by atoms with Gasteiger partial charge in [-0.25, -0.2) is 4.79 Å². The van der Waals surface area contributed by atoms with Crippen molar-refractivity contribution in [2.45, 2.75) is 73.5 Å². The minimum Gasteiger partial charge on any atom is -0.466 e. The van der Waals surface area contributed by atoms with Gasteiger partial charge in [0.1, 0.15) is 5.60 Å². The van der Waals surface area contributed by atoms with Crippen molar-refractivity contribution in [1.82, 2.24) is 0 Å². The molecule has 0 saturated carbocycles. The Bertz CT molecular complexity index is 681. The maximum Gasteiger partial charge on any atom is 0.331 e. The summed E-state index contributed by atoms with van der Waals surface area (Å²) in [6.07, 6.45) is 0.105. The molecule has 0 saturated heterocycles. The lowest BCUT2D eigenvalue weighted by Crippen LogP contribution is -2.37.